The average molecular weight is 445 g/mol. The molecule has 3 amide bonds. The van der Waals surface area contributed by atoms with Crippen LogP contribution in [0.4, 0.5) is 15.1 Å². The number of anilines is 2. The summed E-state index contributed by atoms with van der Waals surface area (Å²) in [5.74, 6) is -0.504. The molecule has 164 valence electrons. The quantitative estimate of drug-likeness (QED) is 0.718. The van der Waals surface area contributed by atoms with Gasteiger partial charge in [-0.1, -0.05) is 6.07 Å². The maximum Gasteiger partial charge on any atom is 0.264 e. The summed E-state index contributed by atoms with van der Waals surface area (Å²) in [6.07, 6.45) is 1.87. The summed E-state index contributed by atoms with van der Waals surface area (Å²) in [5, 5.41) is 6.31. The molecule has 0 unspecified atom stereocenters. The minimum Gasteiger partial charge on any atom is -0.335 e. The lowest BCUT2D eigenvalue weighted by atomic mass is 10.2. The van der Waals surface area contributed by atoms with Crippen LogP contribution in [0.2, 0.25) is 0 Å². The fourth-order valence-electron chi connectivity index (χ4n) is 3.55. The Labute approximate surface area is 184 Å². The summed E-state index contributed by atoms with van der Waals surface area (Å²) in [6.45, 7) is 4.27. The molecule has 0 bridgehead atoms. The Bertz CT molecular complexity index is 996. The van der Waals surface area contributed by atoms with Gasteiger partial charge in [-0.3, -0.25) is 19.3 Å². The van der Waals surface area contributed by atoms with Crippen molar-refractivity contribution in [2.45, 2.75) is 19.8 Å². The lowest BCUT2D eigenvalue weighted by Crippen LogP contribution is -2.50. The van der Waals surface area contributed by atoms with Crippen LogP contribution in [-0.2, 0) is 9.59 Å². The molecule has 0 radical (unpaired) electrons. The van der Waals surface area contributed by atoms with E-state index in [4.69, 9.17) is 0 Å². The normalized spacial score (nSPS) is 16.8. The van der Waals surface area contributed by atoms with Gasteiger partial charge >= 0.3 is 0 Å². The van der Waals surface area contributed by atoms with Gasteiger partial charge in [0.15, 0.2) is 0 Å². The number of amides is 3. The number of benzene rings is 1. The average Bonchev–Trinajstić information content (AvgIpc) is 3.52. The molecule has 1 aromatic carbocycles. The molecule has 2 aliphatic rings. The predicted octanol–water partition coefficient (Wildman–Crippen LogP) is 2.94. The Morgan fingerprint density at radius 2 is 1.84 bits per heavy atom. The second-order valence-electron chi connectivity index (χ2n) is 8.01. The molecule has 2 fully saturated rings. The molecule has 4 rings (SSSR count). The molecule has 1 aliphatic heterocycles. The van der Waals surface area contributed by atoms with Crippen LogP contribution in [-0.4, -0.2) is 60.2 Å². The number of hydrogen-bond acceptors (Lipinski definition) is 5. The van der Waals surface area contributed by atoms with Crippen molar-refractivity contribution in [3.63, 3.8) is 0 Å². The van der Waals surface area contributed by atoms with Crippen LogP contribution in [0.5, 0.6) is 0 Å². The minimum absolute atomic E-state index is 0.0328. The van der Waals surface area contributed by atoms with Crippen molar-refractivity contribution in [1.82, 2.24) is 9.80 Å². The number of nitrogens with one attached hydrogen (secondary N) is 2. The van der Waals surface area contributed by atoms with Gasteiger partial charge in [-0.05, 0) is 49.6 Å². The van der Waals surface area contributed by atoms with E-state index < -0.39 is 5.82 Å². The number of hydrogen-bond donors (Lipinski definition) is 2. The van der Waals surface area contributed by atoms with E-state index in [1.54, 1.807) is 17.0 Å². The standard InChI is InChI=1S/C22H25FN4O3S/c1-14-11-19(25-21(29)15-5-6-15)31-20(14)22(30)27-9-7-26(8-10-27)13-18(28)24-17-4-2-3-16(23)12-17/h2-4,11-12,15H,5-10,13H2,1H3,(H,24,28)(H,25,29). The molecule has 1 saturated carbocycles. The van der Waals surface area contributed by atoms with Crippen LogP contribution < -0.4 is 10.6 Å². The summed E-state index contributed by atoms with van der Waals surface area (Å²) in [4.78, 5) is 41.6. The van der Waals surface area contributed by atoms with Gasteiger partial charge in [0.2, 0.25) is 11.8 Å². The number of carbonyl (C=O) groups excluding carboxylic acids is 3. The summed E-state index contributed by atoms with van der Waals surface area (Å²) >= 11 is 1.32. The first-order chi connectivity index (χ1) is 14.9. The van der Waals surface area contributed by atoms with Crippen molar-refractivity contribution in [2.75, 3.05) is 43.4 Å². The molecule has 1 saturated heterocycles. The third-order valence-corrected chi connectivity index (χ3v) is 6.58. The Kier molecular flexibility index (Phi) is 6.33. The topological polar surface area (TPSA) is 81.8 Å². The van der Waals surface area contributed by atoms with E-state index in [1.807, 2.05) is 17.9 Å². The zero-order chi connectivity index (χ0) is 22.0. The highest BCUT2D eigenvalue weighted by Crippen LogP contribution is 2.33. The number of nitrogens with zero attached hydrogens (tertiary/aromatic N) is 2. The van der Waals surface area contributed by atoms with Gasteiger partial charge < -0.3 is 15.5 Å². The zero-order valence-electron chi connectivity index (χ0n) is 17.3. The van der Waals surface area contributed by atoms with Gasteiger partial charge in [-0.25, -0.2) is 4.39 Å². The van der Waals surface area contributed by atoms with Gasteiger partial charge in [0.25, 0.3) is 5.91 Å². The Hall–Kier alpha value is -2.78. The second-order valence-corrected chi connectivity index (χ2v) is 9.07. The van der Waals surface area contributed by atoms with E-state index in [9.17, 15) is 18.8 Å². The lowest BCUT2D eigenvalue weighted by molar-refractivity contribution is -0.118. The molecular formula is C22H25FN4O3S. The molecule has 1 aromatic heterocycles. The molecule has 7 nitrogen and oxygen atoms in total. The first-order valence-corrected chi connectivity index (χ1v) is 11.2. The number of aryl methyl sites for hydroxylation is 1. The lowest BCUT2D eigenvalue weighted by Gasteiger charge is -2.34. The van der Waals surface area contributed by atoms with Crippen LogP contribution in [0.1, 0.15) is 28.1 Å². The van der Waals surface area contributed by atoms with Crippen molar-refractivity contribution >= 4 is 39.7 Å². The highest BCUT2D eigenvalue weighted by molar-refractivity contribution is 7.18. The van der Waals surface area contributed by atoms with E-state index in [1.165, 1.54) is 23.5 Å². The number of rotatable bonds is 6. The van der Waals surface area contributed by atoms with E-state index in [2.05, 4.69) is 10.6 Å². The highest BCUT2D eigenvalue weighted by Gasteiger charge is 2.31. The third-order valence-electron chi connectivity index (χ3n) is 5.44. The molecular weight excluding hydrogens is 419 g/mol. The van der Waals surface area contributed by atoms with E-state index in [0.717, 1.165) is 18.4 Å². The fraction of sp³-hybridized carbons (Fsp3) is 0.409. The number of piperazine rings is 1. The van der Waals surface area contributed by atoms with Crippen molar-refractivity contribution in [1.29, 1.82) is 0 Å². The molecule has 0 spiro atoms. The number of thiophene rings is 1. The van der Waals surface area contributed by atoms with Gasteiger partial charge in [-0.2, -0.15) is 0 Å². The Morgan fingerprint density at radius 1 is 1.10 bits per heavy atom. The molecule has 31 heavy (non-hydrogen) atoms. The van der Waals surface area contributed by atoms with Gasteiger partial charge in [0, 0.05) is 37.8 Å². The number of carbonyl (C=O) groups is 3. The van der Waals surface area contributed by atoms with Crippen molar-refractivity contribution in [2.24, 2.45) is 5.92 Å². The van der Waals surface area contributed by atoms with Crippen molar-refractivity contribution in [3.8, 4) is 0 Å². The van der Waals surface area contributed by atoms with Gasteiger partial charge in [0.1, 0.15) is 5.82 Å². The van der Waals surface area contributed by atoms with Crippen LogP contribution in [0.3, 0.4) is 0 Å². The third kappa shape index (κ3) is 5.48. The zero-order valence-corrected chi connectivity index (χ0v) is 18.1. The van der Waals surface area contributed by atoms with E-state index in [0.29, 0.717) is 41.7 Å². The minimum atomic E-state index is -0.399. The predicted molar refractivity (Wildman–Crippen MR) is 118 cm³/mol. The summed E-state index contributed by atoms with van der Waals surface area (Å²) < 4.78 is 13.2. The maximum absolute atomic E-state index is 13.2. The van der Waals surface area contributed by atoms with Crippen molar-refractivity contribution < 1.29 is 18.8 Å². The second kappa shape index (κ2) is 9.15. The van der Waals surface area contributed by atoms with E-state index in [-0.39, 0.29) is 30.2 Å². The van der Waals surface area contributed by atoms with Gasteiger partial charge in [0.05, 0.1) is 16.4 Å². The van der Waals surface area contributed by atoms with Crippen LogP contribution in [0, 0.1) is 18.7 Å². The highest BCUT2D eigenvalue weighted by atomic mass is 32.1. The summed E-state index contributed by atoms with van der Waals surface area (Å²) in [7, 11) is 0. The molecule has 2 heterocycles. The molecule has 1 aliphatic carbocycles. The molecule has 9 heteroatoms. The SMILES string of the molecule is Cc1cc(NC(=O)C2CC2)sc1C(=O)N1CCN(CC(=O)Nc2cccc(F)c2)CC1. The van der Waals surface area contributed by atoms with Gasteiger partial charge in [-0.15, -0.1) is 11.3 Å². The Morgan fingerprint density at radius 3 is 2.52 bits per heavy atom. The number of halogens is 1. The fourth-order valence-corrected chi connectivity index (χ4v) is 4.59. The van der Waals surface area contributed by atoms with Crippen LogP contribution in [0.15, 0.2) is 30.3 Å². The van der Waals surface area contributed by atoms with Crippen LogP contribution in [0.25, 0.3) is 0 Å². The maximum atomic E-state index is 13.2. The smallest absolute Gasteiger partial charge is 0.264 e. The first-order valence-electron chi connectivity index (χ1n) is 10.4. The van der Waals surface area contributed by atoms with Crippen LogP contribution >= 0.6 is 11.3 Å². The monoisotopic (exact) mass is 444 g/mol. The van der Waals surface area contributed by atoms with E-state index >= 15 is 0 Å². The Balaban J connectivity index is 1.27. The molecule has 0 atom stereocenters. The molecule has 2 aromatic rings. The van der Waals surface area contributed by atoms with Crippen molar-refractivity contribution in [3.05, 3.63) is 46.6 Å². The summed E-state index contributed by atoms with van der Waals surface area (Å²) in [6, 6.07) is 7.64. The first kappa shape index (κ1) is 21.5. The largest absolute Gasteiger partial charge is 0.335 e. The summed E-state index contributed by atoms with van der Waals surface area (Å²) in [5.41, 5.74) is 1.29. The molecule has 2 N–H and O–H groups in total.